The molecule has 0 spiro atoms. The highest BCUT2D eigenvalue weighted by atomic mass is 16.6. The fraction of sp³-hybridized carbons (Fsp3) is 0.800. The number of esters is 1. The van der Waals surface area contributed by atoms with E-state index in [0.29, 0.717) is 172 Å². The van der Waals surface area contributed by atoms with Gasteiger partial charge in [-0.15, -0.1) is 0 Å². The van der Waals surface area contributed by atoms with E-state index in [1.54, 1.807) is 0 Å². The quantitative estimate of drug-likeness (QED) is 0.0749. The first-order valence-electron chi connectivity index (χ1n) is 20.3. The van der Waals surface area contributed by atoms with Crippen molar-refractivity contribution < 1.29 is 75.9 Å². The predicted molar refractivity (Wildman–Crippen MR) is 210 cm³/mol. The van der Waals surface area contributed by atoms with E-state index in [0.717, 1.165) is 24.8 Å². The first-order valence-corrected chi connectivity index (χ1v) is 20.3. The van der Waals surface area contributed by atoms with Crippen LogP contribution in [0.15, 0.2) is 30.3 Å². The number of unbranched alkanes of at least 4 members (excludes halogenated alkanes) is 2. The van der Waals surface area contributed by atoms with Crippen LogP contribution in [0.5, 0.6) is 0 Å². The Bertz CT molecular complexity index is 980. The largest absolute Gasteiger partial charge is 0.463 e. The second kappa shape index (κ2) is 44.6. The molecule has 0 saturated heterocycles. The Morgan fingerprint density at radius 3 is 1.11 bits per heavy atom. The zero-order chi connectivity index (χ0) is 40.8. The van der Waals surface area contributed by atoms with E-state index in [1.165, 1.54) is 0 Å². The van der Waals surface area contributed by atoms with Gasteiger partial charge in [-0.3, -0.25) is 4.79 Å². The summed E-state index contributed by atoms with van der Waals surface area (Å²) >= 11 is 0. The molecule has 1 amide bonds. The Morgan fingerprint density at radius 2 is 0.754 bits per heavy atom. The van der Waals surface area contributed by atoms with E-state index in [4.69, 9.17) is 66.3 Å². The SMILES string of the molecule is CCCCCC(=O)OCCOCCOCCOCCOCCOCCOCCOCCOCCOCCOCCOCCOCCNC(=O)OCc1ccccc1. The number of carbonyl (C=O) groups is 2. The van der Waals surface area contributed by atoms with Crippen molar-refractivity contribution in [2.45, 2.75) is 39.2 Å². The Hall–Kier alpha value is -2.52. The Labute approximate surface area is 339 Å². The number of amides is 1. The third kappa shape index (κ3) is 41.4. The summed E-state index contributed by atoms with van der Waals surface area (Å²) in [4.78, 5) is 23.1. The molecule has 0 heterocycles. The first kappa shape index (κ1) is 52.5. The van der Waals surface area contributed by atoms with Gasteiger partial charge >= 0.3 is 12.1 Å². The summed E-state index contributed by atoms with van der Waals surface area (Å²) in [7, 11) is 0. The molecule has 1 aromatic carbocycles. The van der Waals surface area contributed by atoms with Crippen LogP contribution in [0.1, 0.15) is 38.2 Å². The lowest BCUT2D eigenvalue weighted by Gasteiger charge is -2.09. The van der Waals surface area contributed by atoms with Gasteiger partial charge in [-0.05, 0) is 12.0 Å². The predicted octanol–water partition coefficient (Wildman–Crippen LogP) is 3.24. The van der Waals surface area contributed by atoms with Crippen LogP contribution in [0, 0.1) is 0 Å². The molecule has 0 aromatic heterocycles. The molecule has 0 aliphatic heterocycles. The molecule has 17 heteroatoms. The van der Waals surface area contributed by atoms with Gasteiger partial charge in [0.25, 0.3) is 0 Å². The number of rotatable bonds is 45. The van der Waals surface area contributed by atoms with E-state index in [9.17, 15) is 9.59 Å². The molecule has 0 saturated carbocycles. The van der Waals surface area contributed by atoms with Gasteiger partial charge in [0.15, 0.2) is 0 Å². The van der Waals surface area contributed by atoms with Gasteiger partial charge in [-0.1, -0.05) is 50.1 Å². The van der Waals surface area contributed by atoms with Crippen molar-refractivity contribution in [3.8, 4) is 0 Å². The van der Waals surface area contributed by atoms with Gasteiger partial charge in [-0.2, -0.15) is 0 Å². The summed E-state index contributed by atoms with van der Waals surface area (Å²) in [5, 5.41) is 2.64. The highest BCUT2D eigenvalue weighted by Crippen LogP contribution is 2.01. The van der Waals surface area contributed by atoms with Gasteiger partial charge in [-0.25, -0.2) is 4.79 Å². The van der Waals surface area contributed by atoms with Crippen molar-refractivity contribution in [2.75, 3.05) is 172 Å². The molecular formula is C40H71NO16. The fourth-order valence-electron chi connectivity index (χ4n) is 4.33. The molecule has 1 rings (SSSR count). The minimum atomic E-state index is -0.473. The minimum Gasteiger partial charge on any atom is -0.463 e. The maximum absolute atomic E-state index is 11.7. The molecular weight excluding hydrogens is 750 g/mol. The summed E-state index contributed by atoms with van der Waals surface area (Å²) in [6, 6.07) is 9.50. The van der Waals surface area contributed by atoms with Crippen molar-refractivity contribution >= 4 is 12.1 Å². The van der Waals surface area contributed by atoms with Gasteiger partial charge in [0.1, 0.15) is 13.2 Å². The molecule has 0 atom stereocenters. The lowest BCUT2D eigenvalue weighted by molar-refractivity contribution is -0.145. The second-order valence-corrected chi connectivity index (χ2v) is 12.0. The monoisotopic (exact) mass is 821 g/mol. The van der Waals surface area contributed by atoms with Gasteiger partial charge in [0.2, 0.25) is 0 Å². The number of hydrogen-bond acceptors (Lipinski definition) is 16. The molecule has 0 aliphatic carbocycles. The van der Waals surface area contributed by atoms with Gasteiger partial charge in [0, 0.05) is 13.0 Å². The number of alkyl carbamates (subject to hydrolysis) is 1. The maximum atomic E-state index is 11.7. The van der Waals surface area contributed by atoms with E-state index in [1.807, 2.05) is 30.3 Å². The highest BCUT2D eigenvalue weighted by molar-refractivity contribution is 5.69. The molecule has 57 heavy (non-hydrogen) atoms. The van der Waals surface area contributed by atoms with E-state index in [2.05, 4.69) is 12.2 Å². The first-order chi connectivity index (χ1) is 28.2. The van der Waals surface area contributed by atoms with Crippen molar-refractivity contribution in [2.24, 2.45) is 0 Å². The number of nitrogens with one attached hydrogen (secondary N) is 1. The van der Waals surface area contributed by atoms with Crippen LogP contribution >= 0.6 is 0 Å². The summed E-state index contributed by atoms with van der Waals surface area (Å²) in [6.45, 7) is 14.1. The number of hydrogen-bond donors (Lipinski definition) is 1. The van der Waals surface area contributed by atoms with Crippen LogP contribution in [-0.2, 0) is 77.7 Å². The Morgan fingerprint density at radius 1 is 0.421 bits per heavy atom. The number of benzene rings is 1. The normalized spacial score (nSPS) is 11.2. The van der Waals surface area contributed by atoms with Crippen LogP contribution in [-0.4, -0.2) is 184 Å². The summed E-state index contributed by atoms with van der Waals surface area (Å²) < 4.78 is 75.8. The van der Waals surface area contributed by atoms with Crippen LogP contribution < -0.4 is 5.32 Å². The Balaban J connectivity index is 1.63. The molecule has 0 aliphatic rings. The number of ether oxygens (including phenoxy) is 14. The number of carbonyl (C=O) groups excluding carboxylic acids is 2. The molecule has 1 aromatic rings. The van der Waals surface area contributed by atoms with Crippen LogP contribution in [0.4, 0.5) is 4.79 Å². The van der Waals surface area contributed by atoms with E-state index < -0.39 is 6.09 Å². The zero-order valence-electron chi connectivity index (χ0n) is 34.3. The average Bonchev–Trinajstić information content (AvgIpc) is 3.22. The molecule has 0 radical (unpaired) electrons. The van der Waals surface area contributed by atoms with E-state index >= 15 is 0 Å². The molecule has 332 valence electrons. The minimum absolute atomic E-state index is 0.164. The zero-order valence-corrected chi connectivity index (χ0v) is 34.3. The van der Waals surface area contributed by atoms with Gasteiger partial charge in [0.05, 0.1) is 159 Å². The summed E-state index contributed by atoms with van der Waals surface area (Å²) in [6.07, 6.45) is 3.00. The van der Waals surface area contributed by atoms with Crippen LogP contribution in [0.25, 0.3) is 0 Å². The van der Waals surface area contributed by atoms with Crippen molar-refractivity contribution in [3.05, 3.63) is 35.9 Å². The second-order valence-electron chi connectivity index (χ2n) is 12.0. The van der Waals surface area contributed by atoms with Gasteiger partial charge < -0.3 is 71.6 Å². The highest BCUT2D eigenvalue weighted by Gasteiger charge is 2.03. The molecule has 0 unspecified atom stereocenters. The Kier molecular flexibility index (Phi) is 41.1. The lowest BCUT2D eigenvalue weighted by Crippen LogP contribution is -2.28. The third-order valence-electron chi connectivity index (χ3n) is 7.30. The maximum Gasteiger partial charge on any atom is 0.407 e. The third-order valence-corrected chi connectivity index (χ3v) is 7.30. The average molecular weight is 822 g/mol. The fourth-order valence-corrected chi connectivity index (χ4v) is 4.33. The van der Waals surface area contributed by atoms with E-state index in [-0.39, 0.29) is 19.2 Å². The summed E-state index contributed by atoms with van der Waals surface area (Å²) in [5.41, 5.74) is 0.934. The van der Waals surface area contributed by atoms with Crippen molar-refractivity contribution in [3.63, 3.8) is 0 Å². The van der Waals surface area contributed by atoms with Crippen molar-refractivity contribution in [1.29, 1.82) is 0 Å². The van der Waals surface area contributed by atoms with Crippen LogP contribution in [0.3, 0.4) is 0 Å². The molecule has 1 N–H and O–H groups in total. The summed E-state index contributed by atoms with van der Waals surface area (Å²) in [5.74, 6) is -0.164. The molecule has 0 fully saturated rings. The molecule has 0 bridgehead atoms. The standard InChI is InChI=1S/C40H71NO16/c1-2-3-5-10-39(42)56-36-35-55-34-33-54-32-31-53-30-29-52-28-27-51-26-25-50-24-23-49-22-21-48-20-19-47-18-17-46-16-15-45-14-13-44-12-11-41-40(43)57-37-38-8-6-4-7-9-38/h4,6-9H,2-3,5,10-37H2,1H3,(H,41,43). The van der Waals surface area contributed by atoms with Crippen molar-refractivity contribution in [1.82, 2.24) is 5.32 Å². The van der Waals surface area contributed by atoms with Crippen LogP contribution in [0.2, 0.25) is 0 Å². The lowest BCUT2D eigenvalue weighted by atomic mass is 10.2. The smallest absolute Gasteiger partial charge is 0.407 e. The topological polar surface area (TPSA) is 175 Å². The molecule has 17 nitrogen and oxygen atoms in total.